The Balaban J connectivity index is 3.83. The predicted octanol–water partition coefficient (Wildman–Crippen LogP) is 1.58. The van der Waals surface area contributed by atoms with Crippen molar-refractivity contribution in [3.05, 3.63) is 0 Å². The van der Waals surface area contributed by atoms with Gasteiger partial charge in [-0.2, -0.15) is 0 Å². The summed E-state index contributed by atoms with van der Waals surface area (Å²) in [5.41, 5.74) is 11.7. The zero-order chi connectivity index (χ0) is 21.5. The topological polar surface area (TPSA) is 131 Å². The van der Waals surface area contributed by atoms with Gasteiger partial charge in [-0.1, -0.05) is 20.8 Å². The molecule has 0 aliphatic heterocycles. The fourth-order valence-corrected chi connectivity index (χ4v) is 2.49. The number of rotatable bonds is 16. The summed E-state index contributed by atoms with van der Waals surface area (Å²) < 4.78 is 15.5. The van der Waals surface area contributed by atoms with Gasteiger partial charge in [0.15, 0.2) is 5.78 Å². The van der Waals surface area contributed by atoms with Crippen LogP contribution in [0, 0.1) is 11.8 Å². The second-order valence-electron chi connectivity index (χ2n) is 7.68. The monoisotopic (exact) mass is 402 g/mol. The van der Waals surface area contributed by atoms with Crippen molar-refractivity contribution in [2.75, 3.05) is 26.4 Å². The molecule has 0 rings (SSSR count). The molecule has 164 valence electrons. The van der Waals surface area contributed by atoms with E-state index in [-0.39, 0.29) is 31.5 Å². The molecule has 0 aromatic rings. The molecule has 0 fully saturated rings. The first-order valence-electron chi connectivity index (χ1n) is 10.1. The smallest absolute Gasteiger partial charge is 0.323 e. The molecule has 4 N–H and O–H groups in total. The third-order valence-corrected chi connectivity index (χ3v) is 4.19. The molecule has 0 aliphatic rings. The Bertz CT molecular complexity index is 470. The van der Waals surface area contributed by atoms with E-state index in [0.29, 0.717) is 44.6 Å². The molecule has 28 heavy (non-hydrogen) atoms. The number of ketones is 1. The first kappa shape index (κ1) is 26.5. The van der Waals surface area contributed by atoms with Gasteiger partial charge in [0, 0.05) is 6.61 Å². The lowest BCUT2D eigenvalue weighted by Gasteiger charge is -2.19. The highest BCUT2D eigenvalue weighted by Crippen LogP contribution is 2.12. The summed E-state index contributed by atoms with van der Waals surface area (Å²) in [7, 11) is 0. The molecule has 3 atom stereocenters. The highest BCUT2D eigenvalue weighted by molar-refractivity contribution is 5.76. The summed E-state index contributed by atoms with van der Waals surface area (Å²) in [4.78, 5) is 34.4. The Morgan fingerprint density at radius 2 is 1.43 bits per heavy atom. The molecule has 0 saturated carbocycles. The minimum atomic E-state index is -0.715. The number of carbonyl (C=O) groups is 3. The van der Waals surface area contributed by atoms with E-state index in [0.717, 1.165) is 0 Å². The van der Waals surface area contributed by atoms with Crippen LogP contribution in [-0.2, 0) is 28.6 Å². The molecule has 0 bridgehead atoms. The van der Waals surface area contributed by atoms with Crippen LogP contribution in [0.4, 0.5) is 0 Å². The molecule has 0 aromatic carbocycles. The zero-order valence-electron chi connectivity index (χ0n) is 17.8. The number of hydrogen-bond acceptors (Lipinski definition) is 8. The Morgan fingerprint density at radius 1 is 0.857 bits per heavy atom. The molecule has 8 nitrogen and oxygen atoms in total. The van der Waals surface area contributed by atoms with Gasteiger partial charge in [-0.3, -0.25) is 14.4 Å². The highest BCUT2D eigenvalue weighted by Gasteiger charge is 2.22. The Morgan fingerprint density at radius 3 is 2.04 bits per heavy atom. The summed E-state index contributed by atoms with van der Waals surface area (Å²) >= 11 is 0. The van der Waals surface area contributed by atoms with Gasteiger partial charge in [-0.25, -0.2) is 0 Å². The molecule has 0 radical (unpaired) electrons. The molecular weight excluding hydrogens is 364 g/mol. The van der Waals surface area contributed by atoms with Crippen LogP contribution in [0.3, 0.4) is 0 Å². The largest absolute Gasteiger partial charge is 0.465 e. The third kappa shape index (κ3) is 13.6. The normalized spacial score (nSPS) is 14.4. The van der Waals surface area contributed by atoms with Gasteiger partial charge in [-0.15, -0.1) is 0 Å². The van der Waals surface area contributed by atoms with E-state index in [2.05, 4.69) is 0 Å². The van der Waals surface area contributed by atoms with Gasteiger partial charge in [0.25, 0.3) is 0 Å². The molecule has 8 heteroatoms. The van der Waals surface area contributed by atoms with Crippen molar-refractivity contribution >= 4 is 17.7 Å². The number of nitrogens with two attached hydrogens (primary N) is 2. The molecule has 0 amide bonds. The Labute approximate surface area is 168 Å². The molecule has 0 saturated heterocycles. The van der Waals surface area contributed by atoms with Crippen LogP contribution in [0.25, 0.3) is 0 Å². The van der Waals surface area contributed by atoms with Gasteiger partial charge in [0.2, 0.25) is 0 Å². The second-order valence-corrected chi connectivity index (χ2v) is 7.68. The van der Waals surface area contributed by atoms with Crippen molar-refractivity contribution in [2.45, 2.75) is 71.9 Å². The maximum atomic E-state index is 12.0. The van der Waals surface area contributed by atoms with Crippen molar-refractivity contribution in [3.63, 3.8) is 0 Å². The maximum Gasteiger partial charge on any atom is 0.323 e. The van der Waals surface area contributed by atoms with Crippen LogP contribution in [0.1, 0.15) is 59.8 Å². The van der Waals surface area contributed by atoms with Crippen LogP contribution in [0.15, 0.2) is 0 Å². The quantitative estimate of drug-likeness (QED) is 0.294. The lowest BCUT2D eigenvalue weighted by atomic mass is 9.97. The molecule has 0 heterocycles. The number of ether oxygens (including phenoxy) is 3. The summed E-state index contributed by atoms with van der Waals surface area (Å²) in [6, 6.07) is -1.31. The molecule has 0 aliphatic carbocycles. The summed E-state index contributed by atoms with van der Waals surface area (Å²) in [6.45, 7) is 8.44. The molecule has 1 unspecified atom stereocenters. The molecule has 0 aromatic heterocycles. The van der Waals surface area contributed by atoms with E-state index in [4.69, 9.17) is 25.7 Å². The minimum Gasteiger partial charge on any atom is -0.465 e. The van der Waals surface area contributed by atoms with E-state index >= 15 is 0 Å². The lowest BCUT2D eigenvalue weighted by Crippen LogP contribution is -2.38. The average molecular weight is 403 g/mol. The first-order valence-corrected chi connectivity index (χ1v) is 10.1. The van der Waals surface area contributed by atoms with Crippen LogP contribution in [-0.4, -0.2) is 56.2 Å². The van der Waals surface area contributed by atoms with Gasteiger partial charge in [0.05, 0.1) is 13.2 Å². The van der Waals surface area contributed by atoms with Gasteiger partial charge < -0.3 is 25.7 Å². The van der Waals surface area contributed by atoms with E-state index in [1.807, 2.05) is 20.8 Å². The van der Waals surface area contributed by atoms with E-state index in [9.17, 15) is 14.4 Å². The second kappa shape index (κ2) is 15.4. The van der Waals surface area contributed by atoms with Crippen LogP contribution in [0.5, 0.6) is 0 Å². The summed E-state index contributed by atoms with van der Waals surface area (Å²) in [5, 5.41) is 0. The van der Waals surface area contributed by atoms with Crippen LogP contribution < -0.4 is 11.5 Å². The standard InChI is InChI=1S/C20H38N2O6/c1-14(2)12-17(21)19(24)27-11-7-8-15(3)18(22)20(25)28-10-6-5-9-26-13-16(4)23/h14-15,17-18H,5-13,21-22H2,1-4H3/t15?,17-,18-/m0/s1. The van der Waals surface area contributed by atoms with Crippen LogP contribution >= 0.6 is 0 Å². The van der Waals surface area contributed by atoms with Gasteiger partial charge >= 0.3 is 11.9 Å². The third-order valence-electron chi connectivity index (χ3n) is 4.19. The lowest BCUT2D eigenvalue weighted by molar-refractivity contribution is -0.148. The van der Waals surface area contributed by atoms with Crippen LogP contribution in [0.2, 0.25) is 0 Å². The average Bonchev–Trinajstić information content (AvgIpc) is 2.62. The summed E-state index contributed by atoms with van der Waals surface area (Å²) in [6.07, 6.45) is 3.19. The molecule has 0 spiro atoms. The maximum absolute atomic E-state index is 12.0. The van der Waals surface area contributed by atoms with Crippen molar-refractivity contribution in [2.24, 2.45) is 23.3 Å². The van der Waals surface area contributed by atoms with E-state index in [1.54, 1.807) is 0 Å². The van der Waals surface area contributed by atoms with Crippen molar-refractivity contribution < 1.29 is 28.6 Å². The zero-order valence-corrected chi connectivity index (χ0v) is 17.8. The van der Waals surface area contributed by atoms with Gasteiger partial charge in [-0.05, 0) is 50.9 Å². The number of Topliss-reactive ketones (excluding diaryl/α,β-unsaturated/α-hetero) is 1. The first-order chi connectivity index (χ1) is 13.1. The molecular formula is C20H38N2O6. The Kier molecular flexibility index (Phi) is 14.6. The number of hydrogen-bond donors (Lipinski definition) is 2. The van der Waals surface area contributed by atoms with Crippen molar-refractivity contribution in [3.8, 4) is 0 Å². The fourth-order valence-electron chi connectivity index (χ4n) is 2.49. The SMILES string of the molecule is CC(=O)COCCCCOC(=O)[C@@H](N)C(C)CCCOC(=O)[C@@H](N)CC(C)C. The fraction of sp³-hybridized carbons (Fsp3) is 0.850. The van der Waals surface area contributed by atoms with E-state index < -0.39 is 24.0 Å². The van der Waals surface area contributed by atoms with Crippen molar-refractivity contribution in [1.82, 2.24) is 0 Å². The predicted molar refractivity (Wildman–Crippen MR) is 106 cm³/mol. The number of carbonyl (C=O) groups excluding carboxylic acids is 3. The number of esters is 2. The Hall–Kier alpha value is -1.51. The highest BCUT2D eigenvalue weighted by atomic mass is 16.5. The van der Waals surface area contributed by atoms with E-state index in [1.165, 1.54) is 6.92 Å². The van der Waals surface area contributed by atoms with Crippen molar-refractivity contribution in [1.29, 1.82) is 0 Å². The minimum absolute atomic E-state index is 0.0143. The van der Waals surface area contributed by atoms with Gasteiger partial charge in [0.1, 0.15) is 18.7 Å². The summed E-state index contributed by atoms with van der Waals surface area (Å²) in [5.74, 6) is -0.598. The number of unbranched alkanes of at least 4 members (excludes halogenated alkanes) is 1.